The highest BCUT2D eigenvalue weighted by molar-refractivity contribution is 7.90. The molecule has 0 N–H and O–H groups in total. The Morgan fingerprint density at radius 3 is 2.48 bits per heavy atom. The zero-order valence-electron chi connectivity index (χ0n) is 16.4. The van der Waals surface area contributed by atoms with Crippen molar-refractivity contribution in [2.24, 2.45) is 0 Å². The van der Waals surface area contributed by atoms with E-state index in [0.717, 1.165) is 0 Å². The largest absolute Gasteiger partial charge is 0.486 e. The second-order valence-corrected chi connectivity index (χ2v) is 10.3. The van der Waals surface area contributed by atoms with Gasteiger partial charge in [-0.3, -0.25) is 0 Å². The molecule has 0 unspecified atom stereocenters. The average Bonchev–Trinajstić information content (AvgIpc) is 3.16. The smallest absolute Gasteiger partial charge is 0.176 e. The maximum absolute atomic E-state index is 13.5. The summed E-state index contributed by atoms with van der Waals surface area (Å²) in [5.41, 5.74) is 1.81. The fourth-order valence-electron chi connectivity index (χ4n) is 3.09. The summed E-state index contributed by atoms with van der Waals surface area (Å²) in [5, 5.41) is 1.21. The van der Waals surface area contributed by atoms with Crippen LogP contribution in [-0.4, -0.2) is 19.7 Å². The molecule has 1 heterocycles. The van der Waals surface area contributed by atoms with Gasteiger partial charge in [-0.25, -0.2) is 17.8 Å². The Morgan fingerprint density at radius 2 is 1.77 bits per heavy atom. The molecule has 0 spiro atoms. The van der Waals surface area contributed by atoms with E-state index in [1.54, 1.807) is 60.7 Å². The van der Waals surface area contributed by atoms with Crippen LogP contribution in [0.1, 0.15) is 5.01 Å². The van der Waals surface area contributed by atoms with Gasteiger partial charge in [-0.15, -0.1) is 11.3 Å². The lowest BCUT2D eigenvalue weighted by atomic mass is 10.1. The van der Waals surface area contributed by atoms with Gasteiger partial charge in [0.25, 0.3) is 0 Å². The highest BCUT2D eigenvalue weighted by atomic mass is 35.5. The van der Waals surface area contributed by atoms with E-state index < -0.39 is 9.84 Å². The quantitative estimate of drug-likeness (QED) is 0.332. The Morgan fingerprint density at radius 1 is 1.03 bits per heavy atom. The number of aromatic nitrogens is 1. The van der Waals surface area contributed by atoms with Gasteiger partial charge in [0.15, 0.2) is 9.84 Å². The Hall–Kier alpha value is -2.74. The highest BCUT2D eigenvalue weighted by Crippen LogP contribution is 2.40. The zero-order valence-corrected chi connectivity index (χ0v) is 18.8. The Balaban J connectivity index is 1.79. The van der Waals surface area contributed by atoms with Crippen molar-refractivity contribution in [3.8, 4) is 27.4 Å². The number of thiazole rings is 1. The van der Waals surface area contributed by atoms with Crippen molar-refractivity contribution >= 4 is 32.8 Å². The Kier molecular flexibility index (Phi) is 6.09. The van der Waals surface area contributed by atoms with E-state index in [1.807, 2.05) is 0 Å². The van der Waals surface area contributed by atoms with Crippen molar-refractivity contribution in [2.75, 3.05) is 6.26 Å². The summed E-state index contributed by atoms with van der Waals surface area (Å²) in [6.45, 7) is 0.181. The van der Waals surface area contributed by atoms with Crippen LogP contribution in [-0.2, 0) is 16.4 Å². The summed E-state index contributed by atoms with van der Waals surface area (Å²) in [6, 6.07) is 19.8. The lowest BCUT2D eigenvalue weighted by Gasteiger charge is -2.08. The molecule has 158 valence electrons. The maximum atomic E-state index is 13.5. The number of rotatable bonds is 6. The van der Waals surface area contributed by atoms with Crippen LogP contribution < -0.4 is 4.74 Å². The van der Waals surface area contributed by atoms with Gasteiger partial charge in [0.2, 0.25) is 0 Å². The summed E-state index contributed by atoms with van der Waals surface area (Å²) in [4.78, 5) is 5.58. The first-order valence-electron chi connectivity index (χ1n) is 9.25. The van der Waals surface area contributed by atoms with Crippen LogP contribution in [0, 0.1) is 5.82 Å². The highest BCUT2D eigenvalue weighted by Gasteiger charge is 2.21. The minimum atomic E-state index is -3.47. The topological polar surface area (TPSA) is 56.3 Å². The Bertz CT molecular complexity index is 1340. The molecule has 0 amide bonds. The first kappa shape index (κ1) is 21.5. The standard InChI is InChI=1S/C23H17ClFNO3S2/c1-31(27,28)20-8-3-2-7-19(20)23-22(15-9-11-17(25)12-10-15)26-21(30-23)14-29-18-6-4-5-16(24)13-18/h2-13H,14H2,1H3. The van der Waals surface area contributed by atoms with Gasteiger partial charge in [0, 0.05) is 22.4 Å². The first-order valence-corrected chi connectivity index (χ1v) is 12.3. The fraction of sp³-hybridized carbons (Fsp3) is 0.0870. The van der Waals surface area contributed by atoms with Crippen LogP contribution in [0.4, 0.5) is 4.39 Å². The van der Waals surface area contributed by atoms with E-state index in [9.17, 15) is 12.8 Å². The molecule has 0 aliphatic carbocycles. The van der Waals surface area contributed by atoms with Crippen LogP contribution in [0.3, 0.4) is 0 Å². The van der Waals surface area contributed by atoms with Gasteiger partial charge in [0.1, 0.15) is 23.2 Å². The third-order valence-electron chi connectivity index (χ3n) is 4.48. The summed E-state index contributed by atoms with van der Waals surface area (Å²) < 4.78 is 44.0. The van der Waals surface area contributed by atoms with Gasteiger partial charge in [-0.05, 0) is 48.5 Å². The minimum absolute atomic E-state index is 0.181. The number of nitrogens with zero attached hydrogens (tertiary/aromatic N) is 1. The molecule has 4 nitrogen and oxygen atoms in total. The van der Waals surface area contributed by atoms with Crippen LogP contribution in [0.25, 0.3) is 21.7 Å². The van der Waals surface area contributed by atoms with Crippen LogP contribution in [0.15, 0.2) is 77.7 Å². The van der Waals surface area contributed by atoms with Crippen molar-refractivity contribution in [2.45, 2.75) is 11.5 Å². The molecule has 8 heteroatoms. The second kappa shape index (κ2) is 8.78. The van der Waals surface area contributed by atoms with Gasteiger partial charge in [0.05, 0.1) is 15.5 Å². The number of ether oxygens (including phenoxy) is 1. The Labute approximate surface area is 188 Å². The normalized spacial score (nSPS) is 11.5. The first-order chi connectivity index (χ1) is 14.8. The summed E-state index contributed by atoms with van der Waals surface area (Å²) in [5.74, 6) is 0.241. The molecular formula is C23H17ClFNO3S2. The molecule has 31 heavy (non-hydrogen) atoms. The number of sulfone groups is 1. The van der Waals surface area contributed by atoms with E-state index >= 15 is 0 Å². The van der Waals surface area contributed by atoms with Gasteiger partial charge >= 0.3 is 0 Å². The summed E-state index contributed by atoms with van der Waals surface area (Å²) >= 11 is 7.35. The van der Waals surface area contributed by atoms with E-state index in [-0.39, 0.29) is 17.3 Å². The number of halogens is 2. The molecule has 0 fully saturated rings. The number of hydrogen-bond acceptors (Lipinski definition) is 5. The third kappa shape index (κ3) is 4.95. The molecule has 1 aromatic heterocycles. The lowest BCUT2D eigenvalue weighted by Crippen LogP contribution is -1.99. The predicted molar refractivity (Wildman–Crippen MR) is 122 cm³/mol. The second-order valence-electron chi connectivity index (χ2n) is 6.81. The van der Waals surface area contributed by atoms with Gasteiger partial charge in [-0.2, -0.15) is 0 Å². The molecule has 0 aliphatic rings. The fourth-order valence-corrected chi connectivity index (χ4v) is 5.27. The molecule has 0 aliphatic heterocycles. The third-order valence-corrected chi connectivity index (χ3v) is 6.93. The SMILES string of the molecule is CS(=O)(=O)c1ccccc1-c1sc(COc2cccc(Cl)c2)nc1-c1ccc(F)cc1. The van der Waals surface area contributed by atoms with E-state index in [4.69, 9.17) is 21.3 Å². The molecule has 4 rings (SSSR count). The molecule has 0 bridgehead atoms. The van der Waals surface area contributed by atoms with Crippen molar-refractivity contribution < 1.29 is 17.5 Å². The molecule has 4 aromatic rings. The van der Waals surface area contributed by atoms with Crippen molar-refractivity contribution in [1.82, 2.24) is 4.98 Å². The monoisotopic (exact) mass is 473 g/mol. The van der Waals surface area contributed by atoms with Gasteiger partial charge in [-0.1, -0.05) is 35.9 Å². The van der Waals surface area contributed by atoms with E-state index in [2.05, 4.69) is 0 Å². The van der Waals surface area contributed by atoms with Crippen molar-refractivity contribution in [3.63, 3.8) is 0 Å². The molecule has 0 saturated carbocycles. The van der Waals surface area contributed by atoms with Crippen molar-refractivity contribution in [3.05, 3.63) is 88.6 Å². The number of hydrogen-bond donors (Lipinski definition) is 0. The van der Waals surface area contributed by atoms with Crippen LogP contribution >= 0.6 is 22.9 Å². The minimum Gasteiger partial charge on any atom is -0.486 e. The van der Waals surface area contributed by atoms with Gasteiger partial charge < -0.3 is 4.74 Å². The predicted octanol–water partition coefficient (Wildman–Crippen LogP) is 6.25. The molecule has 0 saturated heterocycles. The molecule has 0 radical (unpaired) electrons. The summed E-state index contributed by atoms with van der Waals surface area (Å²) in [6.07, 6.45) is 1.17. The summed E-state index contributed by atoms with van der Waals surface area (Å²) in [7, 11) is -3.47. The lowest BCUT2D eigenvalue weighted by molar-refractivity contribution is 0.305. The molecule has 3 aromatic carbocycles. The van der Waals surface area contributed by atoms with Crippen LogP contribution in [0.2, 0.25) is 5.02 Å². The average molecular weight is 474 g/mol. The molecular weight excluding hydrogens is 457 g/mol. The molecule has 0 atom stereocenters. The zero-order chi connectivity index (χ0) is 22.0. The maximum Gasteiger partial charge on any atom is 0.176 e. The van der Waals surface area contributed by atoms with E-state index in [1.165, 1.54) is 29.7 Å². The number of benzene rings is 3. The van der Waals surface area contributed by atoms with Crippen molar-refractivity contribution in [1.29, 1.82) is 0 Å². The van der Waals surface area contributed by atoms with E-state index in [0.29, 0.717) is 37.5 Å². The van der Waals surface area contributed by atoms with Crippen LogP contribution in [0.5, 0.6) is 5.75 Å².